The van der Waals surface area contributed by atoms with Crippen molar-refractivity contribution in [2.24, 2.45) is 0 Å². The third-order valence-corrected chi connectivity index (χ3v) is 8.51. The Labute approximate surface area is 231 Å². The second-order valence-electron chi connectivity index (χ2n) is 11.4. The molecule has 1 saturated heterocycles. The Morgan fingerprint density at radius 1 is 1.10 bits per heavy atom. The van der Waals surface area contributed by atoms with E-state index in [1.54, 1.807) is 22.2 Å². The van der Waals surface area contributed by atoms with E-state index >= 15 is 0 Å². The molecule has 1 fully saturated rings. The Morgan fingerprint density at radius 2 is 1.77 bits per heavy atom. The third kappa shape index (κ3) is 5.19. The van der Waals surface area contributed by atoms with Crippen molar-refractivity contribution in [1.29, 1.82) is 0 Å². The number of alkyl halides is 3. The number of carbonyl (C=O) groups is 2. The Kier molecular flexibility index (Phi) is 7.14. The van der Waals surface area contributed by atoms with Crippen molar-refractivity contribution in [3.05, 3.63) is 82.8 Å². The smallest absolute Gasteiger partial charge is 0.417 e. The van der Waals surface area contributed by atoms with Crippen molar-refractivity contribution in [2.75, 3.05) is 31.6 Å². The van der Waals surface area contributed by atoms with Crippen LogP contribution in [-0.2, 0) is 10.2 Å². The molecule has 3 heterocycles. The number of hydrogen-bond acceptors (Lipinski definition) is 5. The van der Waals surface area contributed by atoms with Gasteiger partial charge in [-0.05, 0) is 66.1 Å². The van der Waals surface area contributed by atoms with Gasteiger partial charge >= 0.3 is 12.1 Å². The summed E-state index contributed by atoms with van der Waals surface area (Å²) in [7, 11) is 1.82. The van der Waals surface area contributed by atoms with Gasteiger partial charge in [-0.25, -0.2) is 4.79 Å². The van der Waals surface area contributed by atoms with E-state index in [9.17, 15) is 27.9 Å². The molecule has 1 aliphatic carbocycles. The second-order valence-corrected chi connectivity index (χ2v) is 11.4. The van der Waals surface area contributed by atoms with E-state index in [0.717, 1.165) is 48.8 Å². The van der Waals surface area contributed by atoms with E-state index in [1.807, 2.05) is 37.4 Å². The normalized spacial score (nSPS) is 21.0. The highest BCUT2D eigenvalue weighted by molar-refractivity contribution is 5.94. The van der Waals surface area contributed by atoms with Gasteiger partial charge < -0.3 is 19.8 Å². The minimum Gasteiger partial charge on any atom is -0.478 e. The van der Waals surface area contributed by atoms with Crippen LogP contribution in [0.15, 0.2) is 66.1 Å². The molecule has 40 heavy (non-hydrogen) atoms. The Bertz CT molecular complexity index is 1360. The molecule has 1 atom stereocenters. The molecule has 212 valence electrons. The molecule has 7 nitrogen and oxygen atoms in total. The molecule has 2 aliphatic heterocycles. The first-order chi connectivity index (χ1) is 18.9. The number of carboxylic acids is 1. The molecule has 0 spiro atoms. The number of nitrogens with zero attached hydrogens (tertiary/aromatic N) is 4. The summed E-state index contributed by atoms with van der Waals surface area (Å²) in [5, 5.41) is 9.54. The molecule has 1 aromatic heterocycles. The lowest BCUT2D eigenvalue weighted by molar-refractivity contribution is -0.134. The first-order valence-electron chi connectivity index (χ1n) is 13.4. The predicted octanol–water partition coefficient (Wildman–Crippen LogP) is 5.32. The van der Waals surface area contributed by atoms with Crippen LogP contribution in [0.25, 0.3) is 0 Å². The standard InChI is InChI=1S/C30H33F3N4O3/c1-29(2)17-26(37-15-10-25(30(31,32)33)23(18-37)28(39)40)22-16-19(4-5-24(22)29)27(38)35(3)20-8-13-36(14-9-20)21-6-11-34-12-7-21/h4-7,10-12,15-16,20,26H,8-9,13-14,17-18H2,1-3H3,(H,39,40). The van der Waals surface area contributed by atoms with Crippen molar-refractivity contribution in [2.45, 2.75) is 56.8 Å². The minimum atomic E-state index is -4.75. The molecular weight excluding hydrogens is 521 g/mol. The fourth-order valence-corrected chi connectivity index (χ4v) is 6.28. The number of fused-ring (bicyclic) bond motifs is 1. The first-order valence-corrected chi connectivity index (χ1v) is 13.4. The Balaban J connectivity index is 1.35. The van der Waals surface area contributed by atoms with Crippen LogP contribution in [0.1, 0.15) is 60.6 Å². The zero-order valence-electron chi connectivity index (χ0n) is 22.8. The SMILES string of the molecule is CN(C(=O)c1ccc2c(c1)C(N1C=CC(C(F)(F)F)=C(C(=O)O)C1)CC2(C)C)C1CCN(c2ccncc2)CC1. The summed E-state index contributed by atoms with van der Waals surface area (Å²) in [4.78, 5) is 35.1. The number of pyridine rings is 1. The fourth-order valence-electron chi connectivity index (χ4n) is 6.28. The number of allylic oxidation sites excluding steroid dienone is 2. The lowest BCUT2D eigenvalue weighted by Crippen LogP contribution is -2.45. The van der Waals surface area contributed by atoms with Gasteiger partial charge in [0, 0.05) is 56.0 Å². The van der Waals surface area contributed by atoms with Crippen LogP contribution in [0.4, 0.5) is 18.9 Å². The van der Waals surface area contributed by atoms with Crippen LogP contribution in [0, 0.1) is 0 Å². The van der Waals surface area contributed by atoms with E-state index in [-0.39, 0.29) is 30.0 Å². The lowest BCUT2D eigenvalue weighted by Gasteiger charge is -2.38. The van der Waals surface area contributed by atoms with Crippen LogP contribution in [0.5, 0.6) is 0 Å². The fraction of sp³-hybridized carbons (Fsp3) is 0.433. The van der Waals surface area contributed by atoms with Gasteiger partial charge in [0.1, 0.15) is 0 Å². The van der Waals surface area contributed by atoms with Gasteiger partial charge in [-0.2, -0.15) is 13.2 Å². The average Bonchev–Trinajstić information content (AvgIpc) is 3.21. The molecule has 1 amide bonds. The van der Waals surface area contributed by atoms with E-state index in [0.29, 0.717) is 12.0 Å². The van der Waals surface area contributed by atoms with Crippen LogP contribution >= 0.6 is 0 Å². The van der Waals surface area contributed by atoms with Crippen molar-refractivity contribution >= 4 is 17.6 Å². The first kappa shape index (κ1) is 27.7. The number of carbonyl (C=O) groups excluding carboxylic acids is 1. The number of aromatic nitrogens is 1. The molecule has 1 unspecified atom stereocenters. The Morgan fingerprint density at radius 3 is 2.40 bits per heavy atom. The number of benzene rings is 1. The largest absolute Gasteiger partial charge is 0.478 e. The van der Waals surface area contributed by atoms with Gasteiger partial charge in [0.15, 0.2) is 0 Å². The predicted molar refractivity (Wildman–Crippen MR) is 145 cm³/mol. The molecule has 0 saturated carbocycles. The molecule has 1 N–H and O–H groups in total. The number of carboxylic acid groups (broad SMARTS) is 1. The summed E-state index contributed by atoms with van der Waals surface area (Å²) in [6, 6.07) is 9.29. The van der Waals surface area contributed by atoms with Gasteiger partial charge in [-0.3, -0.25) is 9.78 Å². The quantitative estimate of drug-likeness (QED) is 0.540. The number of aliphatic carboxylic acids is 1. The summed E-state index contributed by atoms with van der Waals surface area (Å²) in [5.41, 5.74) is 1.40. The molecule has 3 aliphatic rings. The average molecular weight is 555 g/mol. The van der Waals surface area contributed by atoms with Gasteiger partial charge in [0.2, 0.25) is 0 Å². The number of hydrogen-bond donors (Lipinski definition) is 1. The van der Waals surface area contributed by atoms with Gasteiger partial charge in [0.05, 0.1) is 23.7 Å². The van der Waals surface area contributed by atoms with Crippen LogP contribution in [0.2, 0.25) is 0 Å². The minimum absolute atomic E-state index is 0.0835. The number of amides is 1. The van der Waals surface area contributed by atoms with E-state index in [1.165, 1.54) is 6.20 Å². The van der Waals surface area contributed by atoms with Crippen molar-refractivity contribution in [1.82, 2.24) is 14.8 Å². The molecule has 2 aromatic rings. The van der Waals surface area contributed by atoms with Crippen molar-refractivity contribution < 1.29 is 27.9 Å². The molecule has 10 heteroatoms. The maximum Gasteiger partial charge on any atom is 0.417 e. The molecular formula is C30H33F3N4O3. The summed E-state index contributed by atoms with van der Waals surface area (Å²) in [6.07, 6.45) is 3.22. The zero-order valence-corrected chi connectivity index (χ0v) is 22.8. The highest BCUT2D eigenvalue weighted by Gasteiger charge is 2.43. The molecule has 0 radical (unpaired) electrons. The zero-order chi connectivity index (χ0) is 28.8. The van der Waals surface area contributed by atoms with Crippen molar-refractivity contribution in [3.63, 3.8) is 0 Å². The van der Waals surface area contributed by atoms with Crippen LogP contribution in [0.3, 0.4) is 0 Å². The number of piperidine rings is 1. The van der Waals surface area contributed by atoms with Crippen LogP contribution < -0.4 is 4.90 Å². The topological polar surface area (TPSA) is 77.0 Å². The number of anilines is 1. The van der Waals surface area contributed by atoms with E-state index in [2.05, 4.69) is 23.7 Å². The van der Waals surface area contributed by atoms with E-state index < -0.39 is 23.3 Å². The number of rotatable bonds is 5. The van der Waals surface area contributed by atoms with Gasteiger partial charge in [-0.15, -0.1) is 0 Å². The molecule has 0 bridgehead atoms. The lowest BCUT2D eigenvalue weighted by atomic mass is 9.86. The van der Waals surface area contributed by atoms with Gasteiger partial charge in [0.25, 0.3) is 5.91 Å². The monoisotopic (exact) mass is 554 g/mol. The summed E-state index contributed by atoms with van der Waals surface area (Å²) in [6.45, 7) is 5.40. The highest BCUT2D eigenvalue weighted by Crippen LogP contribution is 2.49. The van der Waals surface area contributed by atoms with Gasteiger partial charge in [-0.1, -0.05) is 19.9 Å². The van der Waals surface area contributed by atoms with E-state index in [4.69, 9.17) is 0 Å². The number of halogens is 3. The Hall–Kier alpha value is -3.82. The molecule has 1 aromatic carbocycles. The van der Waals surface area contributed by atoms with Crippen molar-refractivity contribution in [3.8, 4) is 0 Å². The summed E-state index contributed by atoms with van der Waals surface area (Å²) >= 11 is 0. The third-order valence-electron chi connectivity index (χ3n) is 8.51. The molecule has 5 rings (SSSR count). The maximum atomic E-state index is 13.6. The summed E-state index contributed by atoms with van der Waals surface area (Å²) in [5.74, 6) is -1.69. The summed E-state index contributed by atoms with van der Waals surface area (Å²) < 4.78 is 40.4. The maximum absolute atomic E-state index is 13.6. The highest BCUT2D eigenvalue weighted by atomic mass is 19.4. The van der Waals surface area contributed by atoms with Crippen LogP contribution in [-0.4, -0.2) is 70.7 Å². The second kappa shape index (κ2) is 10.3.